The molecule has 2 aromatic rings. The van der Waals surface area contributed by atoms with Crippen LogP contribution in [0.1, 0.15) is 23.1 Å². The van der Waals surface area contributed by atoms with E-state index in [0.717, 1.165) is 32.7 Å². The van der Waals surface area contributed by atoms with Gasteiger partial charge in [0.05, 0.1) is 5.56 Å². The molecule has 26 heavy (non-hydrogen) atoms. The summed E-state index contributed by atoms with van der Waals surface area (Å²) in [5, 5.41) is 14.3. The smallest absolute Gasteiger partial charge is 0.226 e. The molecule has 5 nitrogen and oxygen atoms in total. The van der Waals surface area contributed by atoms with Crippen molar-refractivity contribution in [3.63, 3.8) is 0 Å². The van der Waals surface area contributed by atoms with Crippen LogP contribution in [0.2, 0.25) is 0 Å². The number of hydrogen-bond donors (Lipinski definition) is 1. The van der Waals surface area contributed by atoms with Crippen molar-refractivity contribution >= 4 is 27.9 Å². The fourth-order valence-corrected chi connectivity index (χ4v) is 3.99. The molecular formula is C20H24N4OS. The molecule has 0 unspecified atom stereocenters. The minimum atomic E-state index is -0.0269. The summed E-state index contributed by atoms with van der Waals surface area (Å²) in [6, 6.07) is 10.3. The molecule has 1 aromatic heterocycles. The zero-order valence-electron chi connectivity index (χ0n) is 15.3. The predicted molar refractivity (Wildman–Crippen MR) is 107 cm³/mol. The Bertz CT molecular complexity index is 815. The second kappa shape index (κ2) is 8.35. The Labute approximate surface area is 158 Å². The minimum absolute atomic E-state index is 0.0269. The Morgan fingerprint density at radius 1 is 1.23 bits per heavy atom. The first kappa shape index (κ1) is 18.4. The number of rotatable bonds is 5. The highest BCUT2D eigenvalue weighted by Crippen LogP contribution is 2.24. The second-order valence-corrected chi connectivity index (χ2v) is 7.54. The third-order valence-electron chi connectivity index (χ3n) is 4.98. The van der Waals surface area contributed by atoms with Crippen molar-refractivity contribution in [2.45, 2.75) is 20.3 Å². The number of nitriles is 1. The molecule has 1 saturated heterocycles. The average Bonchev–Trinajstić information content (AvgIpc) is 3.10. The van der Waals surface area contributed by atoms with Crippen molar-refractivity contribution in [1.29, 1.82) is 5.26 Å². The van der Waals surface area contributed by atoms with E-state index in [1.165, 1.54) is 28.2 Å². The maximum atomic E-state index is 12.1. The topological polar surface area (TPSA) is 59.4 Å². The second-order valence-electron chi connectivity index (χ2n) is 6.62. The summed E-state index contributed by atoms with van der Waals surface area (Å²) >= 11 is 1.39. The number of carbonyl (C=O) groups is 1. The molecule has 0 atom stereocenters. The number of thiophene rings is 1. The minimum Gasteiger partial charge on any atom is -0.369 e. The van der Waals surface area contributed by atoms with Crippen LogP contribution in [0.3, 0.4) is 0 Å². The summed E-state index contributed by atoms with van der Waals surface area (Å²) in [4.78, 5) is 16.9. The van der Waals surface area contributed by atoms with Gasteiger partial charge in [0.1, 0.15) is 11.1 Å². The van der Waals surface area contributed by atoms with Crippen molar-refractivity contribution in [2.24, 2.45) is 0 Å². The molecule has 1 amide bonds. The van der Waals surface area contributed by atoms with E-state index in [9.17, 15) is 4.79 Å². The zero-order valence-corrected chi connectivity index (χ0v) is 16.1. The van der Waals surface area contributed by atoms with E-state index in [-0.39, 0.29) is 5.91 Å². The molecular weight excluding hydrogens is 344 g/mol. The number of carbonyl (C=O) groups excluding carboxylic acids is 1. The maximum Gasteiger partial charge on any atom is 0.226 e. The maximum absolute atomic E-state index is 12.1. The lowest BCUT2D eigenvalue weighted by atomic mass is 10.1. The van der Waals surface area contributed by atoms with E-state index in [2.05, 4.69) is 53.2 Å². The third kappa shape index (κ3) is 4.24. The normalized spacial score (nSPS) is 14.9. The van der Waals surface area contributed by atoms with Crippen LogP contribution in [0.4, 0.5) is 10.7 Å². The number of piperazine rings is 1. The molecule has 136 valence electrons. The Hall–Kier alpha value is -2.36. The van der Waals surface area contributed by atoms with Crippen molar-refractivity contribution < 1.29 is 4.79 Å². The van der Waals surface area contributed by atoms with Crippen LogP contribution < -0.4 is 10.2 Å². The summed E-state index contributed by atoms with van der Waals surface area (Å²) < 4.78 is 0. The van der Waals surface area contributed by atoms with E-state index < -0.39 is 0 Å². The third-order valence-corrected chi connectivity index (χ3v) is 5.81. The Morgan fingerprint density at radius 2 is 2.00 bits per heavy atom. The quantitative estimate of drug-likeness (QED) is 0.879. The first-order chi connectivity index (χ1) is 12.6. The van der Waals surface area contributed by atoms with Gasteiger partial charge in [0.15, 0.2) is 0 Å². The number of amides is 1. The predicted octanol–water partition coefficient (Wildman–Crippen LogP) is 3.39. The number of benzene rings is 1. The first-order valence-electron chi connectivity index (χ1n) is 8.89. The fourth-order valence-electron chi connectivity index (χ4n) is 3.23. The van der Waals surface area contributed by atoms with Crippen LogP contribution in [0.5, 0.6) is 0 Å². The number of nitrogens with zero attached hydrogens (tertiary/aromatic N) is 3. The van der Waals surface area contributed by atoms with Crippen LogP contribution >= 0.6 is 11.3 Å². The Balaban J connectivity index is 1.46. The molecule has 0 spiro atoms. The number of nitrogens with one attached hydrogen (secondary N) is 1. The van der Waals surface area contributed by atoms with Crippen molar-refractivity contribution in [3.05, 3.63) is 46.3 Å². The molecule has 3 rings (SSSR count). The van der Waals surface area contributed by atoms with Gasteiger partial charge in [-0.3, -0.25) is 9.69 Å². The highest BCUT2D eigenvalue weighted by Gasteiger charge is 2.19. The van der Waals surface area contributed by atoms with Gasteiger partial charge in [0.2, 0.25) is 5.91 Å². The van der Waals surface area contributed by atoms with Gasteiger partial charge in [-0.2, -0.15) is 5.26 Å². The van der Waals surface area contributed by atoms with Crippen molar-refractivity contribution in [3.8, 4) is 6.07 Å². The van der Waals surface area contributed by atoms with E-state index in [1.54, 1.807) is 6.07 Å². The molecule has 0 radical (unpaired) electrons. The summed E-state index contributed by atoms with van der Waals surface area (Å²) in [7, 11) is 0. The molecule has 1 N–H and O–H groups in total. The average molecular weight is 369 g/mol. The highest BCUT2D eigenvalue weighted by atomic mass is 32.1. The molecule has 0 bridgehead atoms. The lowest BCUT2D eigenvalue weighted by molar-refractivity contribution is -0.116. The number of hydrogen-bond acceptors (Lipinski definition) is 5. The SMILES string of the molecule is Cc1cccc(N2CCN(CCC(=O)Nc3sccc3C#N)CC2)c1C. The zero-order chi connectivity index (χ0) is 18.5. The Morgan fingerprint density at radius 3 is 2.73 bits per heavy atom. The Kier molecular flexibility index (Phi) is 5.92. The number of anilines is 2. The molecule has 1 aromatic carbocycles. The molecule has 6 heteroatoms. The van der Waals surface area contributed by atoms with E-state index in [1.807, 2.05) is 5.38 Å². The van der Waals surface area contributed by atoms with E-state index >= 15 is 0 Å². The lowest BCUT2D eigenvalue weighted by Gasteiger charge is -2.37. The fraction of sp³-hybridized carbons (Fsp3) is 0.400. The summed E-state index contributed by atoms with van der Waals surface area (Å²) in [5.74, 6) is -0.0269. The van der Waals surface area contributed by atoms with Crippen LogP contribution in [0.25, 0.3) is 0 Å². The van der Waals surface area contributed by atoms with Crippen LogP contribution in [-0.2, 0) is 4.79 Å². The summed E-state index contributed by atoms with van der Waals surface area (Å²) in [6.07, 6.45) is 0.451. The van der Waals surface area contributed by atoms with E-state index in [4.69, 9.17) is 5.26 Å². The summed E-state index contributed by atoms with van der Waals surface area (Å²) in [6.45, 7) is 8.97. The molecule has 1 aliphatic rings. The standard InChI is InChI=1S/C20H24N4OS/c1-15-4-3-5-18(16(15)2)24-11-9-23(10-12-24)8-6-19(25)22-20-17(14-21)7-13-26-20/h3-5,7,13H,6,8-12H2,1-2H3,(H,22,25). The monoisotopic (exact) mass is 368 g/mol. The van der Waals surface area contributed by atoms with Crippen molar-refractivity contribution in [1.82, 2.24) is 4.90 Å². The van der Waals surface area contributed by atoms with Crippen molar-refractivity contribution in [2.75, 3.05) is 42.9 Å². The molecule has 1 fully saturated rings. The first-order valence-corrected chi connectivity index (χ1v) is 9.77. The lowest BCUT2D eigenvalue weighted by Crippen LogP contribution is -2.47. The molecule has 2 heterocycles. The van der Waals surface area contributed by atoms with E-state index in [0.29, 0.717) is 17.0 Å². The summed E-state index contributed by atoms with van der Waals surface area (Å²) in [5.41, 5.74) is 4.53. The van der Waals surface area contributed by atoms with Gasteiger partial charge in [-0.05, 0) is 42.5 Å². The van der Waals surface area contributed by atoms with Gasteiger partial charge in [0.25, 0.3) is 0 Å². The van der Waals surface area contributed by atoms with Gasteiger partial charge in [-0.15, -0.1) is 11.3 Å². The number of aryl methyl sites for hydroxylation is 1. The highest BCUT2D eigenvalue weighted by molar-refractivity contribution is 7.14. The van der Waals surface area contributed by atoms with Crippen LogP contribution in [-0.4, -0.2) is 43.5 Å². The van der Waals surface area contributed by atoms with Crippen LogP contribution in [0.15, 0.2) is 29.6 Å². The van der Waals surface area contributed by atoms with Gasteiger partial charge >= 0.3 is 0 Å². The largest absolute Gasteiger partial charge is 0.369 e. The van der Waals surface area contributed by atoms with Gasteiger partial charge in [-0.25, -0.2) is 0 Å². The van der Waals surface area contributed by atoms with Gasteiger partial charge < -0.3 is 10.2 Å². The van der Waals surface area contributed by atoms with Crippen LogP contribution in [0, 0.1) is 25.2 Å². The van der Waals surface area contributed by atoms with Gasteiger partial charge in [-0.1, -0.05) is 12.1 Å². The van der Waals surface area contributed by atoms with Gasteiger partial charge in [0, 0.05) is 44.8 Å². The molecule has 0 saturated carbocycles. The molecule has 1 aliphatic heterocycles. The molecule has 0 aliphatic carbocycles.